The van der Waals surface area contributed by atoms with Crippen LogP contribution < -0.4 is 9.64 Å². The highest BCUT2D eigenvalue weighted by molar-refractivity contribution is 6.31. The molecule has 3 nitrogen and oxygen atoms in total. The fourth-order valence-electron chi connectivity index (χ4n) is 3.64. The zero-order chi connectivity index (χ0) is 19.2. The van der Waals surface area contributed by atoms with Crippen molar-refractivity contribution >= 4 is 33.9 Å². The van der Waals surface area contributed by atoms with Crippen LogP contribution in [0.25, 0.3) is 10.9 Å². The van der Waals surface area contributed by atoms with Gasteiger partial charge in [0.2, 0.25) is 0 Å². The van der Waals surface area contributed by atoms with Crippen LogP contribution in [-0.2, 0) is 12.8 Å². The summed E-state index contributed by atoms with van der Waals surface area (Å²) in [7, 11) is 0. The molecule has 0 unspecified atom stereocenters. The molecule has 0 bridgehead atoms. The molecular formula is C20H16ClF3N2O. The lowest BCUT2D eigenvalue weighted by molar-refractivity contribution is -0.274. The molecule has 1 aliphatic heterocycles. The van der Waals surface area contributed by atoms with Gasteiger partial charge >= 0.3 is 6.36 Å². The third-order valence-electron chi connectivity index (χ3n) is 4.74. The van der Waals surface area contributed by atoms with Crippen LogP contribution in [0.3, 0.4) is 0 Å². The first-order chi connectivity index (χ1) is 12.9. The maximum atomic E-state index is 12.8. The summed E-state index contributed by atoms with van der Waals surface area (Å²) in [4.78, 5) is 6.33. The Morgan fingerprint density at radius 2 is 1.93 bits per heavy atom. The van der Waals surface area contributed by atoms with Gasteiger partial charge in [-0.25, -0.2) is 4.98 Å². The minimum atomic E-state index is -4.80. The Morgan fingerprint density at radius 3 is 2.67 bits per heavy atom. The molecule has 4 rings (SSSR count). The van der Waals surface area contributed by atoms with E-state index in [-0.39, 0.29) is 16.4 Å². The summed E-state index contributed by atoms with van der Waals surface area (Å²) in [6, 6.07) is 12.6. The summed E-state index contributed by atoms with van der Waals surface area (Å²) in [5.41, 5.74) is 3.95. The molecule has 0 radical (unpaired) electrons. The summed E-state index contributed by atoms with van der Waals surface area (Å²) >= 11 is 6.34. The van der Waals surface area contributed by atoms with Crippen molar-refractivity contribution < 1.29 is 17.9 Å². The lowest BCUT2D eigenvalue weighted by Gasteiger charge is -2.24. The normalized spacial score (nSPS) is 13.9. The second kappa shape index (κ2) is 6.60. The van der Waals surface area contributed by atoms with E-state index >= 15 is 0 Å². The Kier molecular flexibility index (Phi) is 4.38. The highest BCUT2D eigenvalue weighted by atomic mass is 35.5. The minimum absolute atomic E-state index is 0.111. The Hall–Kier alpha value is -2.47. The summed E-state index contributed by atoms with van der Waals surface area (Å²) in [5.74, 6) is -0.347. The second-order valence-corrected chi connectivity index (χ2v) is 6.67. The van der Waals surface area contributed by atoms with Crippen LogP contribution in [0.5, 0.6) is 5.75 Å². The van der Waals surface area contributed by atoms with Gasteiger partial charge in [-0.15, -0.1) is 13.2 Å². The average molecular weight is 393 g/mol. The molecule has 140 valence electrons. The van der Waals surface area contributed by atoms with Crippen LogP contribution in [-0.4, -0.2) is 17.9 Å². The van der Waals surface area contributed by atoms with Crippen LogP contribution in [0, 0.1) is 0 Å². The number of anilines is 2. The molecule has 27 heavy (non-hydrogen) atoms. The molecule has 0 atom stereocenters. The van der Waals surface area contributed by atoms with Crippen molar-refractivity contribution in [2.75, 3.05) is 11.4 Å². The van der Waals surface area contributed by atoms with Gasteiger partial charge in [-0.05, 0) is 30.5 Å². The zero-order valence-electron chi connectivity index (χ0n) is 14.5. The largest absolute Gasteiger partial charge is 0.573 e. The van der Waals surface area contributed by atoms with E-state index in [1.165, 1.54) is 6.07 Å². The number of fused-ring (bicyclic) bond motifs is 3. The number of hydrogen-bond donors (Lipinski definition) is 0. The van der Waals surface area contributed by atoms with E-state index < -0.39 is 6.36 Å². The molecule has 1 aromatic heterocycles. The molecule has 7 heteroatoms. The van der Waals surface area contributed by atoms with Gasteiger partial charge in [-0.2, -0.15) is 0 Å². The van der Waals surface area contributed by atoms with Gasteiger partial charge in [0, 0.05) is 23.2 Å². The Morgan fingerprint density at radius 1 is 1.15 bits per heavy atom. The van der Waals surface area contributed by atoms with Crippen LogP contribution in [0.2, 0.25) is 5.15 Å². The van der Waals surface area contributed by atoms with Gasteiger partial charge in [-0.1, -0.05) is 48.9 Å². The van der Waals surface area contributed by atoms with Crippen molar-refractivity contribution in [3.63, 3.8) is 0 Å². The Balaban J connectivity index is 1.94. The molecule has 0 saturated carbocycles. The first kappa shape index (κ1) is 17.9. The molecule has 3 aromatic rings. The van der Waals surface area contributed by atoms with E-state index in [9.17, 15) is 13.2 Å². The lowest BCUT2D eigenvalue weighted by atomic mass is 10.1. The third kappa shape index (κ3) is 3.18. The fourth-order valence-corrected chi connectivity index (χ4v) is 3.91. The molecule has 2 aromatic carbocycles. The van der Waals surface area contributed by atoms with Gasteiger partial charge in [0.15, 0.2) is 5.75 Å². The Bertz CT molecular complexity index is 1020. The fraction of sp³-hybridized carbons (Fsp3) is 0.250. The molecule has 0 N–H and O–H groups in total. The van der Waals surface area contributed by atoms with Gasteiger partial charge in [0.25, 0.3) is 0 Å². The van der Waals surface area contributed by atoms with E-state index in [1.807, 2.05) is 18.2 Å². The summed E-state index contributed by atoms with van der Waals surface area (Å²) in [6.45, 7) is 2.76. The van der Waals surface area contributed by atoms with Crippen molar-refractivity contribution in [1.82, 2.24) is 4.98 Å². The molecule has 2 heterocycles. The van der Waals surface area contributed by atoms with E-state index in [0.717, 1.165) is 28.9 Å². The van der Waals surface area contributed by atoms with E-state index in [1.54, 1.807) is 12.1 Å². The summed E-state index contributed by atoms with van der Waals surface area (Å²) < 4.78 is 42.5. The van der Waals surface area contributed by atoms with Crippen LogP contribution in [0.4, 0.5) is 24.5 Å². The first-order valence-electron chi connectivity index (χ1n) is 8.61. The number of nitrogens with zero attached hydrogens (tertiary/aromatic N) is 2. The Labute approximate surface area is 159 Å². The smallest absolute Gasteiger partial charge is 0.403 e. The quantitative estimate of drug-likeness (QED) is 0.508. The number of alkyl halides is 3. The van der Waals surface area contributed by atoms with E-state index in [0.29, 0.717) is 18.4 Å². The third-order valence-corrected chi connectivity index (χ3v) is 5.06. The van der Waals surface area contributed by atoms with Crippen molar-refractivity contribution in [3.8, 4) is 5.75 Å². The number of rotatable bonds is 3. The summed E-state index contributed by atoms with van der Waals surface area (Å²) in [5, 5.41) is 0.812. The first-order valence-corrected chi connectivity index (χ1v) is 8.99. The summed E-state index contributed by atoms with van der Waals surface area (Å²) in [6.07, 6.45) is -3.27. The van der Waals surface area contributed by atoms with Gasteiger partial charge in [0.1, 0.15) is 10.7 Å². The number of aromatic nitrogens is 1. The number of ether oxygens (including phenoxy) is 1. The maximum Gasteiger partial charge on any atom is 0.573 e. The molecular weight excluding hydrogens is 377 g/mol. The standard InChI is InChI=1S/C20H16ClF3N2O/c1-2-12-6-3-4-8-15(12)26-11-10-14-18(26)13-7-5-9-16(27-20(22,23)24)17(13)25-19(14)21/h3-9H,2,10-11H2,1H3. The van der Waals surface area contributed by atoms with Gasteiger partial charge < -0.3 is 9.64 Å². The predicted octanol–water partition coefficient (Wildman–Crippen LogP) is 6.04. The number of benzene rings is 2. The minimum Gasteiger partial charge on any atom is -0.403 e. The molecule has 1 aliphatic rings. The van der Waals surface area contributed by atoms with Crippen molar-refractivity contribution in [2.24, 2.45) is 0 Å². The van der Waals surface area contributed by atoms with Gasteiger partial charge in [-0.3, -0.25) is 0 Å². The van der Waals surface area contributed by atoms with Crippen LogP contribution in [0.15, 0.2) is 42.5 Å². The van der Waals surface area contributed by atoms with Crippen LogP contribution in [0.1, 0.15) is 18.1 Å². The van der Waals surface area contributed by atoms with Crippen molar-refractivity contribution in [1.29, 1.82) is 0 Å². The number of pyridine rings is 1. The SMILES string of the molecule is CCc1ccccc1N1CCc2c(Cl)nc3c(OC(F)(F)F)cccc3c21. The van der Waals surface area contributed by atoms with E-state index in [4.69, 9.17) is 11.6 Å². The lowest BCUT2D eigenvalue weighted by Crippen LogP contribution is -2.18. The molecule has 0 amide bonds. The zero-order valence-corrected chi connectivity index (χ0v) is 15.2. The van der Waals surface area contributed by atoms with Crippen molar-refractivity contribution in [3.05, 3.63) is 58.7 Å². The van der Waals surface area contributed by atoms with E-state index in [2.05, 4.69) is 27.6 Å². The average Bonchev–Trinajstić information content (AvgIpc) is 3.07. The van der Waals surface area contributed by atoms with Crippen LogP contribution >= 0.6 is 11.6 Å². The highest BCUT2D eigenvalue weighted by Gasteiger charge is 2.33. The molecule has 0 saturated heterocycles. The topological polar surface area (TPSA) is 25.4 Å². The highest BCUT2D eigenvalue weighted by Crippen LogP contribution is 2.45. The number of hydrogen-bond acceptors (Lipinski definition) is 3. The molecule has 0 fully saturated rings. The maximum absolute atomic E-state index is 12.8. The van der Waals surface area contributed by atoms with Gasteiger partial charge in [0.05, 0.1) is 5.69 Å². The number of para-hydroxylation sites is 2. The molecule has 0 aliphatic carbocycles. The molecule has 0 spiro atoms. The number of halogens is 4. The monoisotopic (exact) mass is 392 g/mol. The predicted molar refractivity (Wildman–Crippen MR) is 100.0 cm³/mol. The number of aryl methyl sites for hydroxylation is 1. The second-order valence-electron chi connectivity index (χ2n) is 6.31. The van der Waals surface area contributed by atoms with Crippen molar-refractivity contribution in [2.45, 2.75) is 26.1 Å².